The molecule has 0 fully saturated rings. The molecule has 0 bridgehead atoms. The SMILES string of the molecule is CC1CC(C2=NCCC=C2)=CC=C1c1cc(-c2ccc(-c3ccccn3)cc2)cc(-c2cc(-c3ccc(-c4ccccn4)cc3)cc(-c3ccc(C4N=CC=CC4C)cc3)c2)c1. The number of aliphatic imine (C=N–C) groups is 2. The molecule has 0 saturated carbocycles. The highest BCUT2D eigenvalue weighted by molar-refractivity contribution is 6.09. The highest BCUT2D eigenvalue weighted by atomic mass is 14.8. The molecule has 0 radical (unpaired) electrons. The number of pyridine rings is 2. The average molecular weight is 801 g/mol. The van der Waals surface area contributed by atoms with E-state index < -0.39 is 0 Å². The molecule has 1 aliphatic carbocycles. The van der Waals surface area contributed by atoms with E-state index in [1.807, 2.05) is 48.9 Å². The van der Waals surface area contributed by atoms with E-state index in [2.05, 4.69) is 176 Å². The summed E-state index contributed by atoms with van der Waals surface area (Å²) in [6.07, 6.45) is 21.0. The Kier molecular flexibility index (Phi) is 10.9. The summed E-state index contributed by atoms with van der Waals surface area (Å²) in [4.78, 5) is 18.9. The Balaban J connectivity index is 1.10. The minimum Gasteiger partial charge on any atom is -0.285 e. The summed E-state index contributed by atoms with van der Waals surface area (Å²) < 4.78 is 0. The Bertz CT molecular complexity index is 2910. The monoisotopic (exact) mass is 800 g/mol. The van der Waals surface area contributed by atoms with Crippen LogP contribution in [0.2, 0.25) is 0 Å². The lowest BCUT2D eigenvalue weighted by molar-refractivity contribution is 0.566. The van der Waals surface area contributed by atoms with Crippen LogP contribution >= 0.6 is 0 Å². The molecule has 0 N–H and O–H groups in total. The van der Waals surface area contributed by atoms with Gasteiger partial charge in [0.15, 0.2) is 0 Å². The number of hydrogen-bond acceptors (Lipinski definition) is 4. The van der Waals surface area contributed by atoms with E-state index >= 15 is 0 Å². The number of nitrogens with zero attached hydrogens (tertiary/aromatic N) is 4. The number of dihydropyridines is 2. The molecule has 300 valence electrons. The van der Waals surface area contributed by atoms with Crippen molar-refractivity contribution in [2.75, 3.05) is 6.54 Å². The van der Waals surface area contributed by atoms with E-state index in [9.17, 15) is 0 Å². The van der Waals surface area contributed by atoms with Gasteiger partial charge in [-0.1, -0.05) is 123 Å². The van der Waals surface area contributed by atoms with E-state index in [-0.39, 0.29) is 6.04 Å². The first-order valence-corrected chi connectivity index (χ1v) is 21.8. The summed E-state index contributed by atoms with van der Waals surface area (Å²) in [6.45, 7) is 5.45. The standard InChI is InChI=1S/C58H48N4/c1-39-10-9-31-62-58(39)46-24-18-43(19-25-46)49-33-48(41-14-20-44(21-15-41)55-11-3-6-28-59-55)34-51(35-49)52-36-50(42-16-22-45(23-17-42)56-12-4-7-29-60-56)37-53(38-52)54-27-26-47(32-40(54)2)57-13-5-8-30-61-57/h3-7,9-29,31,33-40,58H,8,30,32H2,1-2H3. The van der Waals surface area contributed by atoms with Crippen LogP contribution < -0.4 is 0 Å². The lowest BCUT2D eigenvalue weighted by Gasteiger charge is -2.24. The summed E-state index contributed by atoms with van der Waals surface area (Å²) >= 11 is 0. The van der Waals surface area contributed by atoms with Crippen LogP contribution in [0.3, 0.4) is 0 Å². The van der Waals surface area contributed by atoms with Gasteiger partial charge in [-0.05, 0) is 158 Å². The van der Waals surface area contributed by atoms with E-state index in [0.717, 1.165) is 58.7 Å². The maximum atomic E-state index is 4.86. The first-order valence-electron chi connectivity index (χ1n) is 21.8. The maximum Gasteiger partial charge on any atom is 0.0808 e. The molecule has 10 rings (SSSR count). The van der Waals surface area contributed by atoms with Crippen molar-refractivity contribution in [1.29, 1.82) is 0 Å². The van der Waals surface area contributed by atoms with Crippen LogP contribution in [-0.2, 0) is 0 Å². The molecule has 3 aliphatic rings. The normalized spacial score (nSPS) is 18.2. The van der Waals surface area contributed by atoms with Crippen molar-refractivity contribution < 1.29 is 0 Å². The fourth-order valence-electron chi connectivity index (χ4n) is 9.01. The quantitative estimate of drug-likeness (QED) is 0.146. The molecule has 0 spiro atoms. The third-order valence-electron chi connectivity index (χ3n) is 12.4. The van der Waals surface area contributed by atoms with Gasteiger partial charge in [-0.3, -0.25) is 20.0 Å². The Hall–Kier alpha value is -7.30. The molecular formula is C58H48N4. The topological polar surface area (TPSA) is 50.5 Å². The fourth-order valence-corrected chi connectivity index (χ4v) is 9.01. The second-order valence-corrected chi connectivity index (χ2v) is 16.7. The van der Waals surface area contributed by atoms with Gasteiger partial charge >= 0.3 is 0 Å². The van der Waals surface area contributed by atoms with Gasteiger partial charge < -0.3 is 0 Å². The molecule has 2 aliphatic heterocycles. The lowest BCUT2D eigenvalue weighted by Crippen LogP contribution is -2.12. The van der Waals surface area contributed by atoms with Crippen LogP contribution in [0.5, 0.6) is 0 Å². The molecule has 3 atom stereocenters. The molecule has 0 amide bonds. The summed E-state index contributed by atoms with van der Waals surface area (Å²) in [7, 11) is 0. The van der Waals surface area contributed by atoms with E-state index in [0.29, 0.717) is 11.8 Å². The summed E-state index contributed by atoms with van der Waals surface area (Å²) in [5.41, 5.74) is 19.7. The van der Waals surface area contributed by atoms with Gasteiger partial charge in [0.2, 0.25) is 0 Å². The summed E-state index contributed by atoms with van der Waals surface area (Å²) in [5.74, 6) is 0.678. The van der Waals surface area contributed by atoms with Crippen molar-refractivity contribution in [1.82, 2.24) is 9.97 Å². The minimum absolute atomic E-state index is 0.127. The molecule has 7 aromatic rings. The average Bonchev–Trinajstić information content (AvgIpc) is 3.35. The van der Waals surface area contributed by atoms with Gasteiger partial charge in [0, 0.05) is 42.2 Å². The van der Waals surface area contributed by atoms with Gasteiger partial charge in [-0.15, -0.1) is 0 Å². The zero-order valence-electron chi connectivity index (χ0n) is 35.2. The van der Waals surface area contributed by atoms with Crippen molar-refractivity contribution in [2.24, 2.45) is 21.8 Å². The predicted molar refractivity (Wildman–Crippen MR) is 260 cm³/mol. The summed E-state index contributed by atoms with van der Waals surface area (Å²) in [6, 6.07) is 53.1. The van der Waals surface area contributed by atoms with Gasteiger partial charge in [0.1, 0.15) is 0 Å². The summed E-state index contributed by atoms with van der Waals surface area (Å²) in [5, 5.41) is 0. The Labute approximate surface area is 365 Å². The second kappa shape index (κ2) is 17.4. The zero-order chi connectivity index (χ0) is 41.8. The van der Waals surface area contributed by atoms with Crippen molar-refractivity contribution >= 4 is 17.5 Å². The van der Waals surface area contributed by atoms with Crippen molar-refractivity contribution in [2.45, 2.75) is 32.7 Å². The van der Waals surface area contributed by atoms with Gasteiger partial charge in [0.25, 0.3) is 0 Å². The minimum atomic E-state index is 0.127. The Morgan fingerprint density at radius 1 is 0.516 bits per heavy atom. The molecule has 4 heteroatoms. The van der Waals surface area contributed by atoms with Crippen LogP contribution in [0.1, 0.15) is 43.9 Å². The zero-order valence-corrected chi connectivity index (χ0v) is 35.2. The molecular weight excluding hydrogens is 753 g/mol. The molecule has 2 aromatic heterocycles. The van der Waals surface area contributed by atoms with Gasteiger partial charge in [0.05, 0.1) is 23.1 Å². The number of rotatable bonds is 9. The number of hydrogen-bond donors (Lipinski definition) is 0. The maximum absolute atomic E-state index is 4.86. The third kappa shape index (κ3) is 8.25. The van der Waals surface area contributed by atoms with E-state index in [4.69, 9.17) is 9.98 Å². The first-order chi connectivity index (χ1) is 30.5. The number of aromatic nitrogens is 2. The van der Waals surface area contributed by atoms with Crippen LogP contribution in [0.25, 0.3) is 72.6 Å². The van der Waals surface area contributed by atoms with E-state index in [1.54, 1.807) is 0 Å². The molecule has 5 aromatic carbocycles. The van der Waals surface area contributed by atoms with Crippen molar-refractivity contribution in [3.05, 3.63) is 211 Å². The highest BCUT2D eigenvalue weighted by Crippen LogP contribution is 2.41. The lowest BCUT2D eigenvalue weighted by atomic mass is 9.81. The largest absolute Gasteiger partial charge is 0.285 e. The Morgan fingerprint density at radius 2 is 1.03 bits per heavy atom. The van der Waals surface area contributed by atoms with Crippen LogP contribution in [-0.4, -0.2) is 28.4 Å². The smallest absolute Gasteiger partial charge is 0.0808 e. The molecule has 4 heterocycles. The molecule has 4 nitrogen and oxygen atoms in total. The van der Waals surface area contributed by atoms with Gasteiger partial charge in [-0.2, -0.15) is 0 Å². The van der Waals surface area contributed by atoms with Crippen molar-refractivity contribution in [3.8, 4) is 67.0 Å². The molecule has 0 saturated heterocycles. The predicted octanol–water partition coefficient (Wildman–Crippen LogP) is 14.5. The van der Waals surface area contributed by atoms with Crippen LogP contribution in [0.15, 0.2) is 210 Å². The molecule has 3 unspecified atom stereocenters. The van der Waals surface area contributed by atoms with Crippen LogP contribution in [0.4, 0.5) is 0 Å². The second-order valence-electron chi connectivity index (χ2n) is 16.7. The van der Waals surface area contributed by atoms with Crippen LogP contribution in [0, 0.1) is 11.8 Å². The molecule has 62 heavy (non-hydrogen) atoms. The number of benzene rings is 5. The highest BCUT2D eigenvalue weighted by Gasteiger charge is 2.22. The Morgan fingerprint density at radius 3 is 1.52 bits per heavy atom. The first kappa shape index (κ1) is 38.9. The van der Waals surface area contributed by atoms with Crippen molar-refractivity contribution in [3.63, 3.8) is 0 Å². The fraction of sp³-hybridized carbons (Fsp3) is 0.138. The van der Waals surface area contributed by atoms with E-state index in [1.165, 1.54) is 55.7 Å². The third-order valence-corrected chi connectivity index (χ3v) is 12.4. The number of allylic oxidation sites excluding steroid dienone is 6. The van der Waals surface area contributed by atoms with Gasteiger partial charge in [-0.25, -0.2) is 0 Å².